The molecule has 1 aliphatic heterocycles. The Morgan fingerprint density at radius 1 is 1.15 bits per heavy atom. The van der Waals surface area contributed by atoms with Gasteiger partial charge in [-0.05, 0) is 41.7 Å². The number of hydrogen-bond acceptors (Lipinski definition) is 4. The molecule has 0 radical (unpaired) electrons. The fourth-order valence-corrected chi connectivity index (χ4v) is 4.06. The molecule has 0 saturated heterocycles. The average molecular weight is 349 g/mol. The Hall–Kier alpha value is -3.08. The number of carbonyl (C=O) groups is 2. The third kappa shape index (κ3) is 2.56. The van der Waals surface area contributed by atoms with Gasteiger partial charge in [0.2, 0.25) is 0 Å². The number of carbonyl (C=O) groups excluding carboxylic acids is 1. The summed E-state index contributed by atoms with van der Waals surface area (Å²) < 4.78 is 4.93. The third-order valence-electron chi connectivity index (χ3n) is 5.32. The number of esters is 1. The van der Waals surface area contributed by atoms with E-state index in [1.165, 1.54) is 7.11 Å². The molecule has 2 aromatic rings. The summed E-state index contributed by atoms with van der Waals surface area (Å²) in [6.45, 7) is 0. The van der Waals surface area contributed by atoms with Crippen LogP contribution in [0.25, 0.3) is 0 Å². The molecule has 2 aliphatic rings. The molecule has 5 nitrogen and oxygen atoms in total. The SMILES string of the molecule is COC(=O)c1cccc2c1N[C@H](c1ccc(C(=O)O)cc1)[C@H]1CC=C[C@@H]21. The first-order valence-electron chi connectivity index (χ1n) is 8.58. The first-order chi connectivity index (χ1) is 12.6. The van der Waals surface area contributed by atoms with Crippen molar-refractivity contribution >= 4 is 17.6 Å². The van der Waals surface area contributed by atoms with E-state index >= 15 is 0 Å². The lowest BCUT2D eigenvalue weighted by Crippen LogP contribution is -2.30. The quantitative estimate of drug-likeness (QED) is 0.647. The Kier molecular flexibility index (Phi) is 3.99. The molecule has 0 amide bonds. The van der Waals surface area contributed by atoms with Crippen LogP contribution < -0.4 is 5.32 Å². The summed E-state index contributed by atoms with van der Waals surface area (Å²) >= 11 is 0. The summed E-state index contributed by atoms with van der Waals surface area (Å²) in [7, 11) is 1.38. The minimum Gasteiger partial charge on any atom is -0.478 e. The number of aromatic carboxylic acids is 1. The maximum atomic E-state index is 12.2. The van der Waals surface area contributed by atoms with Gasteiger partial charge in [-0.2, -0.15) is 0 Å². The van der Waals surface area contributed by atoms with Gasteiger partial charge in [0, 0.05) is 5.92 Å². The number of hydrogen-bond donors (Lipinski definition) is 2. The number of allylic oxidation sites excluding steroid dienone is 2. The van der Waals surface area contributed by atoms with Crippen molar-refractivity contribution in [3.63, 3.8) is 0 Å². The van der Waals surface area contributed by atoms with Gasteiger partial charge in [0.25, 0.3) is 0 Å². The zero-order chi connectivity index (χ0) is 18.3. The van der Waals surface area contributed by atoms with Crippen LogP contribution in [0.4, 0.5) is 5.69 Å². The van der Waals surface area contributed by atoms with Crippen molar-refractivity contribution in [2.45, 2.75) is 18.4 Å². The number of para-hydroxylation sites is 1. The lowest BCUT2D eigenvalue weighted by atomic mass is 9.76. The van der Waals surface area contributed by atoms with Gasteiger partial charge in [-0.3, -0.25) is 0 Å². The monoisotopic (exact) mass is 349 g/mol. The van der Waals surface area contributed by atoms with Crippen molar-refractivity contribution in [2.24, 2.45) is 5.92 Å². The molecule has 4 rings (SSSR count). The fraction of sp³-hybridized carbons (Fsp3) is 0.238. The number of ether oxygens (including phenoxy) is 1. The van der Waals surface area contributed by atoms with Crippen LogP contribution in [-0.2, 0) is 4.74 Å². The average Bonchev–Trinajstić information content (AvgIpc) is 3.16. The Morgan fingerprint density at radius 2 is 1.92 bits per heavy atom. The second-order valence-electron chi connectivity index (χ2n) is 6.66. The van der Waals surface area contributed by atoms with Crippen LogP contribution in [0.5, 0.6) is 0 Å². The van der Waals surface area contributed by atoms with Crippen molar-refractivity contribution in [1.29, 1.82) is 0 Å². The maximum absolute atomic E-state index is 12.2. The topological polar surface area (TPSA) is 75.6 Å². The highest BCUT2D eigenvalue weighted by Gasteiger charge is 2.39. The highest BCUT2D eigenvalue weighted by atomic mass is 16.5. The predicted molar refractivity (Wildman–Crippen MR) is 97.5 cm³/mol. The van der Waals surface area contributed by atoms with Crippen molar-refractivity contribution in [1.82, 2.24) is 0 Å². The van der Waals surface area contributed by atoms with E-state index in [0.29, 0.717) is 11.5 Å². The Bertz CT molecular complexity index is 901. The highest BCUT2D eigenvalue weighted by molar-refractivity contribution is 5.97. The molecule has 0 bridgehead atoms. The fourth-order valence-electron chi connectivity index (χ4n) is 4.06. The standard InChI is InChI=1S/C21H19NO4/c1-26-21(25)17-7-3-6-16-14-4-2-5-15(14)18(22-19(16)17)12-8-10-13(11-9-12)20(23)24/h2-4,6-11,14-15,18,22H,5H2,1H3,(H,23,24)/t14-,15+,18-/m1/s1. The van der Waals surface area contributed by atoms with Gasteiger partial charge >= 0.3 is 11.9 Å². The number of fused-ring (bicyclic) bond motifs is 3. The van der Waals surface area contributed by atoms with E-state index in [1.54, 1.807) is 18.2 Å². The smallest absolute Gasteiger partial charge is 0.339 e. The first kappa shape index (κ1) is 16.4. The van der Waals surface area contributed by atoms with Gasteiger partial charge < -0.3 is 15.2 Å². The molecule has 2 aromatic carbocycles. The summed E-state index contributed by atoms with van der Waals surface area (Å²) in [6, 6.07) is 12.6. The van der Waals surface area contributed by atoms with Crippen LogP contribution in [0.2, 0.25) is 0 Å². The van der Waals surface area contributed by atoms with E-state index in [2.05, 4.69) is 17.5 Å². The summed E-state index contributed by atoms with van der Waals surface area (Å²) in [5.74, 6) is -0.757. The van der Waals surface area contributed by atoms with E-state index in [1.807, 2.05) is 24.3 Å². The van der Waals surface area contributed by atoms with Crippen LogP contribution in [0.15, 0.2) is 54.6 Å². The molecule has 1 heterocycles. The lowest BCUT2D eigenvalue weighted by molar-refractivity contribution is 0.0600. The Labute approximate surface area is 151 Å². The summed E-state index contributed by atoms with van der Waals surface area (Å²) in [4.78, 5) is 23.3. The first-order valence-corrected chi connectivity index (χ1v) is 8.58. The van der Waals surface area contributed by atoms with Gasteiger partial charge in [-0.1, -0.05) is 36.4 Å². The normalized spacial score (nSPS) is 22.9. The number of methoxy groups -OCH3 is 1. The molecular formula is C21H19NO4. The van der Waals surface area contributed by atoms with Crippen LogP contribution in [0, 0.1) is 5.92 Å². The van der Waals surface area contributed by atoms with Gasteiger partial charge in [-0.25, -0.2) is 9.59 Å². The van der Waals surface area contributed by atoms with Crippen molar-refractivity contribution in [3.05, 3.63) is 76.9 Å². The number of carboxylic acid groups (broad SMARTS) is 1. The molecule has 132 valence electrons. The molecule has 5 heteroatoms. The molecule has 3 atom stereocenters. The number of nitrogens with one attached hydrogen (secondary N) is 1. The summed E-state index contributed by atoms with van der Waals surface area (Å²) in [6.07, 6.45) is 5.31. The van der Waals surface area contributed by atoms with Gasteiger partial charge in [-0.15, -0.1) is 0 Å². The molecule has 0 aromatic heterocycles. The van der Waals surface area contributed by atoms with Crippen molar-refractivity contribution in [2.75, 3.05) is 12.4 Å². The minimum atomic E-state index is -0.938. The van der Waals surface area contributed by atoms with Gasteiger partial charge in [0.1, 0.15) is 0 Å². The number of anilines is 1. The Balaban J connectivity index is 1.78. The number of carboxylic acids is 1. The molecule has 0 unspecified atom stereocenters. The predicted octanol–water partition coefficient (Wildman–Crippen LogP) is 4.00. The number of rotatable bonds is 3. The summed E-state index contributed by atoms with van der Waals surface area (Å²) in [5, 5.41) is 12.6. The largest absolute Gasteiger partial charge is 0.478 e. The van der Waals surface area contributed by atoms with Crippen molar-refractivity contribution < 1.29 is 19.4 Å². The van der Waals surface area contributed by atoms with Gasteiger partial charge in [0.05, 0.1) is 30.0 Å². The lowest BCUT2D eigenvalue weighted by Gasteiger charge is -2.38. The van der Waals surface area contributed by atoms with Crippen LogP contribution in [0.3, 0.4) is 0 Å². The molecule has 0 fully saturated rings. The van der Waals surface area contributed by atoms with Crippen LogP contribution in [-0.4, -0.2) is 24.2 Å². The summed E-state index contributed by atoms with van der Waals surface area (Å²) in [5.41, 5.74) is 3.71. The van der Waals surface area contributed by atoms with Crippen LogP contribution in [0.1, 0.15) is 50.2 Å². The zero-order valence-corrected chi connectivity index (χ0v) is 14.3. The molecule has 26 heavy (non-hydrogen) atoms. The third-order valence-corrected chi connectivity index (χ3v) is 5.32. The van der Waals surface area contributed by atoms with E-state index in [9.17, 15) is 9.59 Å². The minimum absolute atomic E-state index is 0.00356. The highest BCUT2D eigenvalue weighted by Crippen LogP contribution is 2.50. The van der Waals surface area contributed by atoms with E-state index in [4.69, 9.17) is 9.84 Å². The van der Waals surface area contributed by atoms with E-state index < -0.39 is 5.97 Å². The van der Waals surface area contributed by atoms with Gasteiger partial charge in [0.15, 0.2) is 0 Å². The van der Waals surface area contributed by atoms with Crippen molar-refractivity contribution in [3.8, 4) is 0 Å². The molecule has 0 spiro atoms. The second-order valence-corrected chi connectivity index (χ2v) is 6.66. The molecule has 2 N–H and O–H groups in total. The molecular weight excluding hydrogens is 330 g/mol. The maximum Gasteiger partial charge on any atom is 0.339 e. The zero-order valence-electron chi connectivity index (χ0n) is 14.3. The van der Waals surface area contributed by atoms with E-state index in [0.717, 1.165) is 23.2 Å². The second kappa shape index (κ2) is 6.33. The Morgan fingerprint density at radius 3 is 2.62 bits per heavy atom. The molecule has 0 saturated carbocycles. The van der Waals surface area contributed by atoms with E-state index in [-0.39, 0.29) is 23.5 Å². The van der Waals surface area contributed by atoms with Crippen LogP contribution >= 0.6 is 0 Å². The molecule has 1 aliphatic carbocycles. The number of benzene rings is 2.